The number of hydrogen-bond donors (Lipinski definition) is 2. The average Bonchev–Trinajstić information content (AvgIpc) is 3.21. The molecule has 27 heavy (non-hydrogen) atoms. The van der Waals surface area contributed by atoms with Crippen LogP contribution in [0.1, 0.15) is 36.5 Å². The van der Waals surface area contributed by atoms with E-state index in [-0.39, 0.29) is 11.7 Å². The van der Waals surface area contributed by atoms with Gasteiger partial charge < -0.3 is 25.1 Å². The minimum atomic E-state index is -0.363. The maximum atomic E-state index is 12.7. The Bertz CT molecular complexity index is 916. The van der Waals surface area contributed by atoms with Gasteiger partial charge in [0, 0.05) is 30.8 Å². The molecule has 3 aliphatic rings. The first-order valence-corrected chi connectivity index (χ1v) is 9.29. The Kier molecular flexibility index (Phi) is 3.86. The van der Waals surface area contributed by atoms with Crippen LogP contribution in [-0.2, 0) is 9.53 Å². The van der Waals surface area contributed by atoms with Gasteiger partial charge in [0.25, 0.3) is 0 Å². The molecule has 1 saturated heterocycles. The fourth-order valence-corrected chi connectivity index (χ4v) is 4.11. The van der Waals surface area contributed by atoms with E-state index in [1.54, 1.807) is 6.26 Å². The van der Waals surface area contributed by atoms with Crippen molar-refractivity contribution in [2.24, 2.45) is 0 Å². The van der Waals surface area contributed by atoms with Crippen molar-refractivity contribution in [1.82, 2.24) is 9.97 Å². The largest absolute Gasteiger partial charge is 0.468 e. The molecule has 0 radical (unpaired) electrons. The van der Waals surface area contributed by atoms with Crippen molar-refractivity contribution < 1.29 is 13.9 Å². The van der Waals surface area contributed by atoms with Gasteiger partial charge in [-0.3, -0.25) is 4.79 Å². The second-order valence-electron chi connectivity index (χ2n) is 7.01. The molecule has 0 amide bonds. The topological polar surface area (TPSA) is 107 Å². The van der Waals surface area contributed by atoms with Crippen LogP contribution in [0.3, 0.4) is 0 Å². The number of aromatic nitrogens is 2. The number of hydrogen-bond acceptors (Lipinski definition) is 8. The number of ether oxygens (including phenoxy) is 1. The van der Waals surface area contributed by atoms with E-state index in [2.05, 4.69) is 15.2 Å². The number of nitrogens with zero attached hydrogens (tertiary/aromatic N) is 3. The number of ketones is 1. The second kappa shape index (κ2) is 6.38. The van der Waals surface area contributed by atoms with Crippen molar-refractivity contribution in [3.05, 3.63) is 41.0 Å². The number of nitrogen functional groups attached to an aromatic ring is 1. The van der Waals surface area contributed by atoms with Crippen LogP contribution in [0.2, 0.25) is 0 Å². The molecule has 1 unspecified atom stereocenters. The van der Waals surface area contributed by atoms with Gasteiger partial charge in [0.05, 0.1) is 31.0 Å². The summed E-state index contributed by atoms with van der Waals surface area (Å²) in [5.41, 5.74) is 8.76. The molecule has 1 aliphatic carbocycles. The van der Waals surface area contributed by atoms with Gasteiger partial charge in [0.1, 0.15) is 17.4 Å². The number of fused-ring (bicyclic) bond motifs is 1. The van der Waals surface area contributed by atoms with Gasteiger partial charge in [-0.1, -0.05) is 0 Å². The molecule has 5 rings (SSSR count). The summed E-state index contributed by atoms with van der Waals surface area (Å²) in [5.74, 6) is 2.09. The first-order valence-electron chi connectivity index (χ1n) is 9.29. The van der Waals surface area contributed by atoms with E-state index in [4.69, 9.17) is 19.9 Å². The van der Waals surface area contributed by atoms with Gasteiger partial charge in [0.15, 0.2) is 5.78 Å². The van der Waals surface area contributed by atoms with E-state index in [0.29, 0.717) is 43.0 Å². The van der Waals surface area contributed by atoms with E-state index >= 15 is 0 Å². The summed E-state index contributed by atoms with van der Waals surface area (Å²) in [4.78, 5) is 24.1. The molecule has 8 nitrogen and oxygen atoms in total. The SMILES string of the molecule is Nc1nc(N2CCOCC2)nc2c1C(c1ccco1)C1=C(CCCC1=O)N2. The third-order valence-corrected chi connectivity index (χ3v) is 5.39. The van der Waals surface area contributed by atoms with Crippen LogP contribution < -0.4 is 16.0 Å². The summed E-state index contributed by atoms with van der Waals surface area (Å²) in [7, 11) is 0. The van der Waals surface area contributed by atoms with Crippen molar-refractivity contribution in [1.29, 1.82) is 0 Å². The minimum Gasteiger partial charge on any atom is -0.468 e. The predicted octanol–water partition coefficient (Wildman–Crippen LogP) is 2.05. The first-order chi connectivity index (χ1) is 13.2. The highest BCUT2D eigenvalue weighted by molar-refractivity contribution is 6.01. The van der Waals surface area contributed by atoms with Crippen molar-refractivity contribution >= 4 is 23.4 Å². The zero-order valence-corrected chi connectivity index (χ0v) is 14.9. The van der Waals surface area contributed by atoms with Gasteiger partial charge >= 0.3 is 0 Å². The standard InChI is InChI=1S/C19H21N5O3/c20-17-16-15(13-5-2-8-27-13)14-11(3-1-4-12(14)25)21-18(16)23-19(22-17)24-6-9-26-10-7-24/h2,5,8,15H,1,3-4,6-7,9-10H2,(H3,20,21,22,23). The monoisotopic (exact) mass is 367 g/mol. The smallest absolute Gasteiger partial charge is 0.229 e. The minimum absolute atomic E-state index is 0.132. The quantitative estimate of drug-likeness (QED) is 0.831. The third-order valence-electron chi connectivity index (χ3n) is 5.39. The van der Waals surface area contributed by atoms with Crippen LogP contribution in [-0.4, -0.2) is 42.1 Å². The number of anilines is 3. The Morgan fingerprint density at radius 3 is 2.85 bits per heavy atom. The molecule has 4 heterocycles. The lowest BCUT2D eigenvalue weighted by Gasteiger charge is -2.34. The van der Waals surface area contributed by atoms with Crippen LogP contribution in [0.15, 0.2) is 34.1 Å². The van der Waals surface area contributed by atoms with E-state index in [1.165, 1.54) is 0 Å². The lowest BCUT2D eigenvalue weighted by molar-refractivity contribution is -0.116. The molecule has 3 N–H and O–H groups in total. The van der Waals surface area contributed by atoms with Gasteiger partial charge in [-0.25, -0.2) is 0 Å². The summed E-state index contributed by atoms with van der Waals surface area (Å²) >= 11 is 0. The number of nitrogens with one attached hydrogen (secondary N) is 1. The number of furan rings is 1. The Labute approximate surface area is 156 Å². The summed E-state index contributed by atoms with van der Waals surface area (Å²) in [6.45, 7) is 2.75. The van der Waals surface area contributed by atoms with E-state index in [9.17, 15) is 4.79 Å². The second-order valence-corrected chi connectivity index (χ2v) is 7.01. The molecule has 140 valence electrons. The number of carbonyl (C=O) groups excluding carboxylic acids is 1. The van der Waals surface area contributed by atoms with Crippen molar-refractivity contribution in [3.63, 3.8) is 0 Å². The number of carbonyl (C=O) groups is 1. The average molecular weight is 367 g/mol. The third kappa shape index (κ3) is 2.68. The van der Waals surface area contributed by atoms with Gasteiger partial charge in [-0.15, -0.1) is 0 Å². The van der Waals surface area contributed by atoms with Crippen LogP contribution in [0.5, 0.6) is 0 Å². The van der Waals surface area contributed by atoms with E-state index in [0.717, 1.165) is 42.8 Å². The fourth-order valence-electron chi connectivity index (χ4n) is 4.11. The highest BCUT2D eigenvalue weighted by atomic mass is 16.5. The molecule has 2 aromatic heterocycles. The van der Waals surface area contributed by atoms with Crippen molar-refractivity contribution in [3.8, 4) is 0 Å². The van der Waals surface area contributed by atoms with E-state index < -0.39 is 0 Å². The van der Waals surface area contributed by atoms with Gasteiger partial charge in [-0.05, 0) is 25.0 Å². The summed E-state index contributed by atoms with van der Waals surface area (Å²) in [5, 5.41) is 3.37. The number of Topliss-reactive ketones (excluding diaryl/α,β-unsaturated/α-hetero) is 1. The molecule has 1 atom stereocenters. The van der Waals surface area contributed by atoms with Crippen LogP contribution >= 0.6 is 0 Å². The predicted molar refractivity (Wildman–Crippen MR) is 99.5 cm³/mol. The zero-order valence-electron chi connectivity index (χ0n) is 14.9. The highest BCUT2D eigenvalue weighted by Gasteiger charge is 2.39. The Morgan fingerprint density at radius 2 is 2.07 bits per heavy atom. The summed E-state index contributed by atoms with van der Waals surface area (Å²) in [6, 6.07) is 3.70. The highest BCUT2D eigenvalue weighted by Crippen LogP contribution is 2.46. The van der Waals surface area contributed by atoms with Crippen molar-refractivity contribution in [2.45, 2.75) is 25.2 Å². The molecule has 0 bridgehead atoms. The molecular weight excluding hydrogens is 346 g/mol. The molecule has 2 aliphatic heterocycles. The normalized spacial score (nSPS) is 22.3. The van der Waals surface area contributed by atoms with Crippen LogP contribution in [0.4, 0.5) is 17.6 Å². The maximum absolute atomic E-state index is 12.7. The van der Waals surface area contributed by atoms with Gasteiger partial charge in [-0.2, -0.15) is 9.97 Å². The molecular formula is C19H21N5O3. The lowest BCUT2D eigenvalue weighted by Crippen LogP contribution is -2.38. The molecule has 8 heteroatoms. The number of rotatable bonds is 2. The van der Waals surface area contributed by atoms with Crippen LogP contribution in [0.25, 0.3) is 0 Å². The Morgan fingerprint density at radius 1 is 1.22 bits per heavy atom. The molecule has 2 aromatic rings. The van der Waals surface area contributed by atoms with E-state index in [1.807, 2.05) is 12.1 Å². The number of allylic oxidation sites excluding steroid dienone is 2. The fraction of sp³-hybridized carbons (Fsp3) is 0.421. The molecule has 1 fully saturated rings. The first kappa shape index (κ1) is 16.3. The zero-order chi connectivity index (χ0) is 18.4. The summed E-state index contributed by atoms with van der Waals surface area (Å²) < 4.78 is 11.1. The lowest BCUT2D eigenvalue weighted by atomic mass is 9.78. The molecule has 0 aromatic carbocycles. The van der Waals surface area contributed by atoms with Gasteiger partial charge in [0.2, 0.25) is 5.95 Å². The molecule has 0 spiro atoms. The Balaban J connectivity index is 1.65. The Hall–Kier alpha value is -2.87. The molecule has 0 saturated carbocycles. The number of nitrogens with two attached hydrogens (primary N) is 1. The van der Waals surface area contributed by atoms with Crippen molar-refractivity contribution in [2.75, 3.05) is 42.3 Å². The van der Waals surface area contributed by atoms with Crippen LogP contribution in [0, 0.1) is 0 Å². The summed E-state index contributed by atoms with van der Waals surface area (Å²) in [6.07, 6.45) is 3.81. The number of morpholine rings is 1. The maximum Gasteiger partial charge on any atom is 0.229 e.